The zero-order chi connectivity index (χ0) is 12.3. The van der Waals surface area contributed by atoms with Gasteiger partial charge in [-0.05, 0) is 32.4 Å². The maximum atomic E-state index is 3.89. The fourth-order valence-electron chi connectivity index (χ4n) is 2.10. The molecule has 2 heterocycles. The fraction of sp³-hybridized carbons (Fsp3) is 0.545. The highest BCUT2D eigenvalue weighted by Crippen LogP contribution is 2.14. The van der Waals surface area contributed by atoms with Gasteiger partial charge in [0.05, 0.1) is 6.54 Å². The third-order valence-electron chi connectivity index (χ3n) is 2.98. The lowest BCUT2D eigenvalue weighted by atomic mass is 10.2. The van der Waals surface area contributed by atoms with Gasteiger partial charge in [0, 0.05) is 24.5 Å². The number of nitrogens with zero attached hydrogens (tertiary/aromatic N) is 4. The van der Waals surface area contributed by atoms with E-state index in [2.05, 4.69) is 57.3 Å². The minimum atomic E-state index is 0.631. The van der Waals surface area contributed by atoms with Crippen molar-refractivity contribution in [3.05, 3.63) is 28.8 Å². The predicted octanol–water partition coefficient (Wildman–Crippen LogP) is 0.928. The third-order valence-corrected chi connectivity index (χ3v) is 2.98. The quantitative estimate of drug-likeness (QED) is 0.807. The van der Waals surface area contributed by atoms with E-state index in [1.165, 1.54) is 17.0 Å². The van der Waals surface area contributed by atoms with Crippen molar-refractivity contribution in [1.82, 2.24) is 30.5 Å². The molecule has 0 aromatic carbocycles. The van der Waals surface area contributed by atoms with E-state index in [0.29, 0.717) is 12.4 Å². The lowest BCUT2D eigenvalue weighted by molar-refractivity contribution is 0.654. The number of aromatic nitrogens is 5. The first-order chi connectivity index (χ1) is 8.22. The second-order valence-corrected chi connectivity index (χ2v) is 4.07. The van der Waals surface area contributed by atoms with Crippen molar-refractivity contribution in [2.75, 3.05) is 0 Å². The molecule has 0 amide bonds. The summed E-state index contributed by atoms with van der Waals surface area (Å²) in [6.07, 6.45) is 0. The van der Waals surface area contributed by atoms with Crippen LogP contribution in [0.4, 0.5) is 0 Å². The Morgan fingerprint density at radius 2 is 2.18 bits per heavy atom. The first kappa shape index (κ1) is 11.8. The van der Waals surface area contributed by atoms with Crippen LogP contribution >= 0.6 is 0 Å². The molecule has 0 aliphatic rings. The van der Waals surface area contributed by atoms with E-state index in [9.17, 15) is 0 Å². The second kappa shape index (κ2) is 5.09. The minimum absolute atomic E-state index is 0.631. The smallest absolute Gasteiger partial charge is 0.188 e. The molecule has 0 bridgehead atoms. The highest BCUT2D eigenvalue weighted by atomic mass is 15.5. The third kappa shape index (κ3) is 2.52. The van der Waals surface area contributed by atoms with E-state index < -0.39 is 0 Å². The molecule has 0 aliphatic heterocycles. The highest BCUT2D eigenvalue weighted by Gasteiger charge is 2.07. The average molecular weight is 234 g/mol. The molecular weight excluding hydrogens is 216 g/mol. The fourth-order valence-corrected chi connectivity index (χ4v) is 2.10. The average Bonchev–Trinajstić information content (AvgIpc) is 2.89. The predicted molar refractivity (Wildman–Crippen MR) is 64.3 cm³/mol. The van der Waals surface area contributed by atoms with Crippen LogP contribution < -0.4 is 5.32 Å². The van der Waals surface area contributed by atoms with Gasteiger partial charge in [0.2, 0.25) is 0 Å². The zero-order valence-electron chi connectivity index (χ0n) is 10.5. The van der Waals surface area contributed by atoms with Gasteiger partial charge < -0.3 is 9.88 Å². The van der Waals surface area contributed by atoms with Crippen LogP contribution in [0.1, 0.15) is 29.7 Å². The molecule has 0 spiro atoms. The topological polar surface area (TPSA) is 71.4 Å². The summed E-state index contributed by atoms with van der Waals surface area (Å²) in [5.41, 5.74) is 3.96. The van der Waals surface area contributed by atoms with Gasteiger partial charge in [0.25, 0.3) is 0 Å². The number of rotatable bonds is 5. The van der Waals surface area contributed by atoms with Crippen molar-refractivity contribution in [2.24, 2.45) is 0 Å². The van der Waals surface area contributed by atoms with Crippen molar-refractivity contribution < 1.29 is 0 Å². The molecule has 2 aromatic rings. The van der Waals surface area contributed by atoms with Crippen molar-refractivity contribution in [1.29, 1.82) is 0 Å². The van der Waals surface area contributed by atoms with Crippen LogP contribution in [0.5, 0.6) is 0 Å². The van der Waals surface area contributed by atoms with Crippen LogP contribution in [0.2, 0.25) is 0 Å². The molecule has 0 atom stereocenters. The normalized spacial score (nSPS) is 11.0. The number of hydrogen-bond donors (Lipinski definition) is 2. The lowest BCUT2D eigenvalue weighted by Gasteiger charge is -2.06. The summed E-state index contributed by atoms with van der Waals surface area (Å²) in [5.74, 6) is 0.689. The number of aryl methyl sites for hydroxylation is 1. The van der Waals surface area contributed by atoms with E-state index in [1.807, 2.05) is 0 Å². The molecule has 2 aromatic heterocycles. The summed E-state index contributed by atoms with van der Waals surface area (Å²) in [5, 5.41) is 17.1. The Bertz CT molecular complexity index is 470. The SMILES string of the molecule is CCn1c(C)cc(CNCc2nn[nH]n2)c1C. The molecule has 0 saturated heterocycles. The summed E-state index contributed by atoms with van der Waals surface area (Å²) >= 11 is 0. The van der Waals surface area contributed by atoms with Crippen molar-refractivity contribution in [3.63, 3.8) is 0 Å². The molecule has 0 saturated carbocycles. The lowest BCUT2D eigenvalue weighted by Crippen LogP contribution is -2.14. The Balaban J connectivity index is 1.95. The van der Waals surface area contributed by atoms with Crippen molar-refractivity contribution in [2.45, 2.75) is 40.4 Å². The maximum Gasteiger partial charge on any atom is 0.188 e. The molecular formula is C11H18N6. The van der Waals surface area contributed by atoms with E-state index in [4.69, 9.17) is 0 Å². The first-order valence-corrected chi connectivity index (χ1v) is 5.81. The molecule has 2 N–H and O–H groups in total. The van der Waals surface area contributed by atoms with Crippen LogP contribution in [0.3, 0.4) is 0 Å². The monoisotopic (exact) mass is 234 g/mol. The summed E-state index contributed by atoms with van der Waals surface area (Å²) in [6, 6.07) is 2.22. The molecule has 6 heteroatoms. The molecule has 0 aliphatic carbocycles. The Hall–Kier alpha value is -1.69. The molecule has 0 radical (unpaired) electrons. The summed E-state index contributed by atoms with van der Waals surface area (Å²) in [6.45, 7) is 8.93. The van der Waals surface area contributed by atoms with Crippen LogP contribution in [-0.2, 0) is 19.6 Å². The first-order valence-electron chi connectivity index (χ1n) is 5.81. The van der Waals surface area contributed by atoms with Gasteiger partial charge in [0.15, 0.2) is 5.82 Å². The molecule has 92 valence electrons. The number of hydrogen-bond acceptors (Lipinski definition) is 4. The second-order valence-electron chi connectivity index (χ2n) is 4.07. The Labute approximate surface area is 100 Å². The largest absolute Gasteiger partial charge is 0.349 e. The number of H-pyrrole nitrogens is 1. The van der Waals surface area contributed by atoms with Gasteiger partial charge in [0.1, 0.15) is 0 Å². The van der Waals surface area contributed by atoms with E-state index in [1.54, 1.807) is 0 Å². The van der Waals surface area contributed by atoms with Gasteiger partial charge >= 0.3 is 0 Å². The minimum Gasteiger partial charge on any atom is -0.349 e. The van der Waals surface area contributed by atoms with Gasteiger partial charge in [-0.25, -0.2) is 0 Å². The number of tetrazole rings is 1. The van der Waals surface area contributed by atoms with Crippen molar-refractivity contribution >= 4 is 0 Å². The van der Waals surface area contributed by atoms with Crippen LogP contribution in [0.15, 0.2) is 6.07 Å². The summed E-state index contributed by atoms with van der Waals surface area (Å²) in [4.78, 5) is 0. The van der Waals surface area contributed by atoms with Crippen LogP contribution in [0, 0.1) is 13.8 Å². The summed E-state index contributed by atoms with van der Waals surface area (Å²) in [7, 11) is 0. The Morgan fingerprint density at radius 1 is 1.35 bits per heavy atom. The van der Waals surface area contributed by atoms with E-state index in [0.717, 1.165) is 13.1 Å². The van der Waals surface area contributed by atoms with Gasteiger partial charge in [-0.1, -0.05) is 5.21 Å². The van der Waals surface area contributed by atoms with E-state index >= 15 is 0 Å². The number of nitrogens with one attached hydrogen (secondary N) is 2. The van der Waals surface area contributed by atoms with Gasteiger partial charge in [-0.2, -0.15) is 5.21 Å². The molecule has 0 fully saturated rings. The summed E-state index contributed by atoms with van der Waals surface area (Å²) < 4.78 is 2.31. The number of aromatic amines is 1. The molecule has 0 unspecified atom stereocenters. The standard InChI is InChI=1S/C11H18N6/c1-4-17-8(2)5-10(9(17)3)6-12-7-11-13-15-16-14-11/h5,12H,4,6-7H2,1-3H3,(H,13,14,15,16). The zero-order valence-corrected chi connectivity index (χ0v) is 10.5. The van der Waals surface area contributed by atoms with Crippen LogP contribution in [-0.4, -0.2) is 25.2 Å². The van der Waals surface area contributed by atoms with Crippen molar-refractivity contribution in [3.8, 4) is 0 Å². The Kier molecular flexibility index (Phi) is 3.53. The van der Waals surface area contributed by atoms with Gasteiger partial charge in [-0.15, -0.1) is 10.2 Å². The Morgan fingerprint density at radius 3 is 2.76 bits per heavy atom. The molecule has 6 nitrogen and oxygen atoms in total. The van der Waals surface area contributed by atoms with Gasteiger partial charge in [-0.3, -0.25) is 0 Å². The molecule has 17 heavy (non-hydrogen) atoms. The molecule has 2 rings (SSSR count). The highest BCUT2D eigenvalue weighted by molar-refractivity contribution is 5.26. The maximum absolute atomic E-state index is 3.89. The van der Waals surface area contributed by atoms with E-state index in [-0.39, 0.29) is 0 Å². The van der Waals surface area contributed by atoms with Crippen LogP contribution in [0.25, 0.3) is 0 Å².